The largest absolute Gasteiger partial charge is 0.474 e. The third-order valence-corrected chi connectivity index (χ3v) is 3.22. The molecule has 1 aliphatic rings. The summed E-state index contributed by atoms with van der Waals surface area (Å²) in [7, 11) is 0. The zero-order valence-corrected chi connectivity index (χ0v) is 11.3. The van der Waals surface area contributed by atoms with Gasteiger partial charge in [-0.2, -0.15) is 9.49 Å². The van der Waals surface area contributed by atoms with Crippen molar-refractivity contribution in [2.45, 2.75) is 20.4 Å². The summed E-state index contributed by atoms with van der Waals surface area (Å²) in [6, 6.07) is 0. The first kappa shape index (κ1) is 13.8. The fraction of sp³-hybridized carbons (Fsp3) is 0.667. The molecule has 0 aromatic carbocycles. The number of hydrogen-bond acceptors (Lipinski definition) is 4. The summed E-state index contributed by atoms with van der Waals surface area (Å²) in [5, 5.41) is 6.59. The van der Waals surface area contributed by atoms with Gasteiger partial charge in [0, 0.05) is 13.1 Å². The Morgan fingerprint density at radius 2 is 2.26 bits per heavy atom. The van der Waals surface area contributed by atoms with E-state index in [1.54, 1.807) is 0 Å². The highest BCUT2D eigenvalue weighted by atomic mass is 19.1. The number of hydrogen-bond donors (Lipinski definition) is 1. The lowest BCUT2D eigenvalue weighted by Crippen LogP contribution is -2.35. The number of carbonyl (C=O) groups excluding carboxylic acids is 1. The predicted octanol–water partition coefficient (Wildman–Crippen LogP) is 0.486. The molecule has 106 valence electrons. The topological polar surface area (TPSA) is 59.4 Å². The van der Waals surface area contributed by atoms with E-state index in [1.807, 2.05) is 0 Å². The van der Waals surface area contributed by atoms with Crippen LogP contribution in [0.25, 0.3) is 0 Å². The van der Waals surface area contributed by atoms with Crippen molar-refractivity contribution in [1.82, 2.24) is 20.0 Å². The number of fused-ring (bicyclic) bond motifs is 1. The molecule has 0 spiro atoms. The van der Waals surface area contributed by atoms with Gasteiger partial charge >= 0.3 is 0 Å². The molecule has 7 heteroatoms. The lowest BCUT2D eigenvalue weighted by Gasteiger charge is -2.17. The Hall–Kier alpha value is -1.63. The van der Waals surface area contributed by atoms with E-state index in [2.05, 4.69) is 29.2 Å². The molecule has 0 saturated heterocycles. The maximum atomic E-state index is 13.8. The number of aromatic nitrogens is 2. The summed E-state index contributed by atoms with van der Waals surface area (Å²) in [5.41, 5.74) is -0.186. The van der Waals surface area contributed by atoms with E-state index in [1.165, 1.54) is 4.68 Å². The maximum absolute atomic E-state index is 13.8. The van der Waals surface area contributed by atoms with Crippen LogP contribution in [0.3, 0.4) is 0 Å². The van der Waals surface area contributed by atoms with Crippen LogP contribution < -0.4 is 10.1 Å². The number of halogens is 1. The standard InChI is InChI=1S/C12H19FN4O2/c1-3-16(4-2)6-5-14-11(18)10-9(13)12-17(15-10)7-8-19-12/h3-8H2,1-2H3,(H,14,18). The van der Waals surface area contributed by atoms with Crippen molar-refractivity contribution < 1.29 is 13.9 Å². The number of amides is 1. The van der Waals surface area contributed by atoms with E-state index >= 15 is 0 Å². The van der Waals surface area contributed by atoms with Crippen LogP contribution in [0.5, 0.6) is 5.88 Å². The second kappa shape index (κ2) is 6.01. The van der Waals surface area contributed by atoms with Gasteiger partial charge in [0.2, 0.25) is 11.7 Å². The van der Waals surface area contributed by atoms with Crippen molar-refractivity contribution in [2.24, 2.45) is 0 Å². The van der Waals surface area contributed by atoms with Crippen molar-refractivity contribution in [3.8, 4) is 5.88 Å². The molecule has 1 aliphatic heterocycles. The first-order valence-corrected chi connectivity index (χ1v) is 6.57. The molecule has 0 bridgehead atoms. The Kier molecular flexibility index (Phi) is 4.36. The van der Waals surface area contributed by atoms with Gasteiger partial charge in [-0.05, 0) is 13.1 Å². The van der Waals surface area contributed by atoms with Crippen molar-refractivity contribution in [2.75, 3.05) is 32.8 Å². The molecular weight excluding hydrogens is 251 g/mol. The Morgan fingerprint density at radius 1 is 1.53 bits per heavy atom. The Morgan fingerprint density at radius 3 is 2.89 bits per heavy atom. The maximum Gasteiger partial charge on any atom is 0.275 e. The van der Waals surface area contributed by atoms with Crippen molar-refractivity contribution in [3.63, 3.8) is 0 Å². The molecule has 1 aromatic rings. The smallest absolute Gasteiger partial charge is 0.275 e. The van der Waals surface area contributed by atoms with Crippen LogP contribution in [0.4, 0.5) is 4.39 Å². The molecule has 1 N–H and O–H groups in total. The number of nitrogens with zero attached hydrogens (tertiary/aromatic N) is 3. The van der Waals surface area contributed by atoms with Gasteiger partial charge in [-0.15, -0.1) is 0 Å². The second-order valence-corrected chi connectivity index (χ2v) is 4.32. The van der Waals surface area contributed by atoms with Crippen LogP contribution in [0.1, 0.15) is 24.3 Å². The minimum atomic E-state index is -0.669. The van der Waals surface area contributed by atoms with Gasteiger partial charge in [-0.1, -0.05) is 13.8 Å². The van der Waals surface area contributed by atoms with E-state index < -0.39 is 11.7 Å². The number of ether oxygens (including phenoxy) is 1. The molecular formula is C12H19FN4O2. The summed E-state index contributed by atoms with van der Waals surface area (Å²) in [5.74, 6) is -1.10. The van der Waals surface area contributed by atoms with Crippen LogP contribution in [0.2, 0.25) is 0 Å². The van der Waals surface area contributed by atoms with Crippen LogP contribution in [0.15, 0.2) is 0 Å². The van der Waals surface area contributed by atoms with Gasteiger partial charge in [-0.3, -0.25) is 4.79 Å². The lowest BCUT2D eigenvalue weighted by atomic mass is 10.3. The molecule has 2 heterocycles. The molecule has 2 rings (SSSR count). The van der Waals surface area contributed by atoms with Crippen LogP contribution >= 0.6 is 0 Å². The number of rotatable bonds is 6. The third kappa shape index (κ3) is 2.86. The van der Waals surface area contributed by atoms with Gasteiger partial charge in [0.25, 0.3) is 5.91 Å². The molecule has 0 aliphatic carbocycles. The lowest BCUT2D eigenvalue weighted by molar-refractivity contribution is 0.0938. The van der Waals surface area contributed by atoms with Crippen LogP contribution in [-0.4, -0.2) is 53.4 Å². The Labute approximate surface area is 111 Å². The molecule has 19 heavy (non-hydrogen) atoms. The molecule has 1 amide bonds. The number of nitrogens with one attached hydrogen (secondary N) is 1. The van der Waals surface area contributed by atoms with Crippen molar-refractivity contribution >= 4 is 5.91 Å². The minimum Gasteiger partial charge on any atom is -0.474 e. The van der Waals surface area contributed by atoms with Crippen LogP contribution in [-0.2, 0) is 6.54 Å². The molecule has 6 nitrogen and oxygen atoms in total. The summed E-state index contributed by atoms with van der Waals surface area (Å²) in [6.07, 6.45) is 0. The molecule has 0 saturated carbocycles. The average molecular weight is 270 g/mol. The summed E-state index contributed by atoms with van der Waals surface area (Å²) in [4.78, 5) is 14.0. The van der Waals surface area contributed by atoms with Crippen LogP contribution in [0, 0.1) is 5.82 Å². The van der Waals surface area contributed by atoms with E-state index in [9.17, 15) is 9.18 Å². The molecule has 1 aromatic heterocycles. The van der Waals surface area contributed by atoms with Crippen molar-refractivity contribution in [3.05, 3.63) is 11.5 Å². The highest BCUT2D eigenvalue weighted by Gasteiger charge is 2.27. The van der Waals surface area contributed by atoms with E-state index in [0.717, 1.165) is 19.6 Å². The molecule has 0 radical (unpaired) electrons. The fourth-order valence-electron chi connectivity index (χ4n) is 2.04. The quantitative estimate of drug-likeness (QED) is 0.817. The summed E-state index contributed by atoms with van der Waals surface area (Å²) >= 11 is 0. The zero-order valence-electron chi connectivity index (χ0n) is 11.3. The molecule has 0 atom stereocenters. The van der Waals surface area contributed by atoms with Gasteiger partial charge in [-0.25, -0.2) is 4.68 Å². The third-order valence-electron chi connectivity index (χ3n) is 3.22. The van der Waals surface area contributed by atoms with Crippen molar-refractivity contribution in [1.29, 1.82) is 0 Å². The van der Waals surface area contributed by atoms with Gasteiger partial charge in [0.1, 0.15) is 6.61 Å². The summed E-state index contributed by atoms with van der Waals surface area (Å²) < 4.78 is 20.3. The highest BCUT2D eigenvalue weighted by Crippen LogP contribution is 2.24. The summed E-state index contributed by atoms with van der Waals surface area (Å²) in [6.45, 7) is 8.07. The van der Waals surface area contributed by atoms with Gasteiger partial charge in [0.05, 0.1) is 6.54 Å². The predicted molar refractivity (Wildman–Crippen MR) is 67.8 cm³/mol. The number of likely N-dealkylation sites (N-methyl/N-ethyl adjacent to an activating group) is 1. The fourth-order valence-corrected chi connectivity index (χ4v) is 2.04. The monoisotopic (exact) mass is 270 g/mol. The first-order chi connectivity index (χ1) is 9.17. The Bertz CT molecular complexity index is 457. The minimum absolute atomic E-state index is 0.0638. The van der Waals surface area contributed by atoms with Gasteiger partial charge in [0.15, 0.2) is 5.69 Å². The first-order valence-electron chi connectivity index (χ1n) is 6.57. The average Bonchev–Trinajstić information content (AvgIpc) is 2.98. The van der Waals surface area contributed by atoms with E-state index in [4.69, 9.17) is 4.74 Å². The zero-order chi connectivity index (χ0) is 13.8. The highest BCUT2D eigenvalue weighted by molar-refractivity contribution is 5.92. The molecule has 0 unspecified atom stereocenters. The molecule has 0 fully saturated rings. The number of carbonyl (C=O) groups is 1. The Balaban J connectivity index is 1.90. The normalized spacial score (nSPS) is 13.5. The van der Waals surface area contributed by atoms with E-state index in [-0.39, 0.29) is 11.6 Å². The van der Waals surface area contributed by atoms with Gasteiger partial charge < -0.3 is 15.0 Å². The van der Waals surface area contributed by atoms with E-state index in [0.29, 0.717) is 19.7 Å². The second-order valence-electron chi connectivity index (χ2n) is 4.32. The SMILES string of the molecule is CCN(CC)CCNC(=O)c1nn2c(c1F)OCC2.